The van der Waals surface area contributed by atoms with Crippen molar-refractivity contribution in [2.24, 2.45) is 0 Å². The van der Waals surface area contributed by atoms with Crippen LogP contribution in [0.15, 0.2) is 48.9 Å². The number of ether oxygens (including phenoxy) is 1. The molecule has 0 radical (unpaired) electrons. The van der Waals surface area contributed by atoms with Gasteiger partial charge in [-0.05, 0) is 31.2 Å². The minimum absolute atomic E-state index is 0.0263. The molecule has 1 heterocycles. The van der Waals surface area contributed by atoms with Crippen LogP contribution in [0.1, 0.15) is 21.6 Å². The van der Waals surface area contributed by atoms with Crippen LogP contribution in [0.5, 0.6) is 5.75 Å². The Hall–Kier alpha value is -2.86. The SMILES string of the molecule is COc1cc(C(=O)NCc2cccc(Cl)c2F)ccc1-n1cnc(C)c1. The van der Waals surface area contributed by atoms with Crippen molar-refractivity contribution < 1.29 is 13.9 Å². The number of imidazole rings is 1. The zero-order valence-corrected chi connectivity index (χ0v) is 15.0. The number of halogens is 2. The van der Waals surface area contributed by atoms with Crippen LogP contribution in [0.4, 0.5) is 4.39 Å². The van der Waals surface area contributed by atoms with Gasteiger partial charge in [-0.1, -0.05) is 23.7 Å². The number of nitrogens with one attached hydrogen (secondary N) is 1. The highest BCUT2D eigenvalue weighted by molar-refractivity contribution is 6.30. The molecule has 0 aliphatic heterocycles. The summed E-state index contributed by atoms with van der Waals surface area (Å²) in [5.74, 6) is -0.335. The van der Waals surface area contributed by atoms with Crippen molar-refractivity contribution in [3.05, 3.63) is 76.6 Å². The van der Waals surface area contributed by atoms with Gasteiger partial charge in [-0.2, -0.15) is 0 Å². The van der Waals surface area contributed by atoms with Gasteiger partial charge in [0.25, 0.3) is 5.91 Å². The highest BCUT2D eigenvalue weighted by Crippen LogP contribution is 2.24. The maximum atomic E-state index is 13.9. The number of aromatic nitrogens is 2. The lowest BCUT2D eigenvalue weighted by Crippen LogP contribution is -2.23. The average Bonchev–Trinajstić information content (AvgIpc) is 3.08. The number of carbonyl (C=O) groups is 1. The Morgan fingerprint density at radius 1 is 1.35 bits per heavy atom. The quantitative estimate of drug-likeness (QED) is 0.737. The first kappa shape index (κ1) is 17.9. The molecule has 0 unspecified atom stereocenters. The first-order chi connectivity index (χ1) is 12.5. The van der Waals surface area contributed by atoms with Gasteiger partial charge in [-0.15, -0.1) is 0 Å². The van der Waals surface area contributed by atoms with E-state index < -0.39 is 5.82 Å². The minimum atomic E-state index is -0.530. The van der Waals surface area contributed by atoms with E-state index in [1.165, 1.54) is 13.2 Å². The fourth-order valence-corrected chi connectivity index (χ4v) is 2.74. The number of hydrogen-bond acceptors (Lipinski definition) is 3. The van der Waals surface area contributed by atoms with E-state index in [0.29, 0.717) is 16.9 Å². The van der Waals surface area contributed by atoms with Gasteiger partial charge in [0.1, 0.15) is 11.6 Å². The van der Waals surface area contributed by atoms with Crippen molar-refractivity contribution in [1.82, 2.24) is 14.9 Å². The number of nitrogens with zero attached hydrogens (tertiary/aromatic N) is 2. The number of benzene rings is 2. The molecular weight excluding hydrogens is 357 g/mol. The molecule has 0 spiro atoms. The van der Waals surface area contributed by atoms with Gasteiger partial charge < -0.3 is 14.6 Å². The summed E-state index contributed by atoms with van der Waals surface area (Å²) in [4.78, 5) is 16.6. The van der Waals surface area contributed by atoms with Crippen LogP contribution in [0.2, 0.25) is 5.02 Å². The summed E-state index contributed by atoms with van der Waals surface area (Å²) in [6, 6.07) is 9.76. The maximum Gasteiger partial charge on any atom is 0.251 e. The summed E-state index contributed by atoms with van der Waals surface area (Å²) in [6.45, 7) is 1.93. The van der Waals surface area contributed by atoms with Gasteiger partial charge in [0.15, 0.2) is 0 Å². The lowest BCUT2D eigenvalue weighted by atomic mass is 10.1. The van der Waals surface area contributed by atoms with Crippen molar-refractivity contribution in [3.63, 3.8) is 0 Å². The topological polar surface area (TPSA) is 56.1 Å². The number of carbonyl (C=O) groups excluding carboxylic acids is 1. The van der Waals surface area contributed by atoms with Crippen LogP contribution in [-0.4, -0.2) is 22.6 Å². The summed E-state index contributed by atoms with van der Waals surface area (Å²) in [5.41, 5.74) is 2.37. The van der Waals surface area contributed by atoms with Crippen LogP contribution < -0.4 is 10.1 Å². The van der Waals surface area contributed by atoms with E-state index in [9.17, 15) is 9.18 Å². The largest absolute Gasteiger partial charge is 0.495 e. The predicted molar refractivity (Wildman–Crippen MR) is 97.4 cm³/mol. The molecule has 5 nitrogen and oxygen atoms in total. The molecule has 3 rings (SSSR count). The van der Waals surface area contributed by atoms with E-state index in [4.69, 9.17) is 16.3 Å². The first-order valence-electron chi connectivity index (χ1n) is 7.89. The Morgan fingerprint density at radius 3 is 2.85 bits per heavy atom. The average molecular weight is 374 g/mol. The minimum Gasteiger partial charge on any atom is -0.495 e. The van der Waals surface area contributed by atoms with Crippen molar-refractivity contribution in [3.8, 4) is 11.4 Å². The third kappa shape index (κ3) is 3.70. The van der Waals surface area contributed by atoms with Gasteiger partial charge in [0, 0.05) is 23.9 Å². The number of rotatable bonds is 5. The second kappa shape index (κ2) is 7.58. The highest BCUT2D eigenvalue weighted by Gasteiger charge is 2.13. The van der Waals surface area contributed by atoms with Gasteiger partial charge >= 0.3 is 0 Å². The van der Waals surface area contributed by atoms with Crippen LogP contribution >= 0.6 is 11.6 Å². The van der Waals surface area contributed by atoms with Crippen molar-refractivity contribution in [2.45, 2.75) is 13.5 Å². The maximum absolute atomic E-state index is 13.9. The third-order valence-corrected chi connectivity index (χ3v) is 4.19. The van der Waals surface area contributed by atoms with Crippen molar-refractivity contribution >= 4 is 17.5 Å². The molecule has 0 fully saturated rings. The van der Waals surface area contributed by atoms with Crippen LogP contribution in [-0.2, 0) is 6.54 Å². The second-order valence-corrected chi connectivity index (χ2v) is 6.11. The summed E-state index contributed by atoms with van der Waals surface area (Å²) in [5, 5.41) is 2.71. The van der Waals surface area contributed by atoms with Gasteiger partial charge in [0.2, 0.25) is 0 Å². The van der Waals surface area contributed by atoms with Crippen molar-refractivity contribution in [2.75, 3.05) is 7.11 Å². The molecule has 0 saturated heterocycles. The normalized spacial score (nSPS) is 10.6. The van der Waals surface area contributed by atoms with Gasteiger partial charge in [-0.3, -0.25) is 4.79 Å². The van der Waals surface area contributed by atoms with E-state index in [1.807, 2.05) is 17.7 Å². The fraction of sp³-hybridized carbons (Fsp3) is 0.158. The summed E-state index contributed by atoms with van der Waals surface area (Å²) < 4.78 is 21.1. The van der Waals surface area contributed by atoms with Crippen LogP contribution in [0.25, 0.3) is 5.69 Å². The molecule has 0 saturated carbocycles. The molecule has 3 aromatic rings. The molecule has 0 atom stereocenters. The molecule has 134 valence electrons. The summed E-state index contributed by atoms with van der Waals surface area (Å²) >= 11 is 5.75. The molecule has 7 heteroatoms. The van der Waals surface area contributed by atoms with E-state index in [0.717, 1.165) is 11.4 Å². The van der Waals surface area contributed by atoms with E-state index in [1.54, 1.807) is 36.7 Å². The zero-order valence-electron chi connectivity index (χ0n) is 14.3. The molecule has 0 aliphatic rings. The van der Waals surface area contributed by atoms with Gasteiger partial charge in [-0.25, -0.2) is 9.37 Å². The summed E-state index contributed by atoms with van der Waals surface area (Å²) in [7, 11) is 1.53. The van der Waals surface area contributed by atoms with Gasteiger partial charge in [0.05, 0.1) is 29.8 Å². The second-order valence-electron chi connectivity index (χ2n) is 5.70. The predicted octanol–water partition coefficient (Wildman–Crippen LogP) is 3.91. The molecule has 0 bridgehead atoms. The lowest BCUT2D eigenvalue weighted by Gasteiger charge is -2.12. The Balaban J connectivity index is 1.78. The Morgan fingerprint density at radius 2 is 2.15 bits per heavy atom. The van der Waals surface area contributed by atoms with Crippen LogP contribution in [0.3, 0.4) is 0 Å². The molecule has 1 N–H and O–H groups in total. The number of hydrogen-bond donors (Lipinski definition) is 1. The zero-order chi connectivity index (χ0) is 18.7. The standard InChI is InChI=1S/C19H17ClFN3O2/c1-12-10-24(11-23-12)16-7-6-13(8-17(16)26-2)19(25)22-9-14-4-3-5-15(20)18(14)21/h3-8,10-11H,9H2,1-2H3,(H,22,25). The van der Waals surface area contributed by atoms with Crippen LogP contribution in [0, 0.1) is 12.7 Å². The first-order valence-corrected chi connectivity index (χ1v) is 8.27. The van der Waals surface area contributed by atoms with E-state index in [-0.39, 0.29) is 17.5 Å². The fourth-order valence-electron chi connectivity index (χ4n) is 2.55. The number of aryl methyl sites for hydroxylation is 1. The Labute approximate surface area is 155 Å². The monoisotopic (exact) mass is 373 g/mol. The lowest BCUT2D eigenvalue weighted by molar-refractivity contribution is 0.0950. The molecule has 1 amide bonds. The molecule has 1 aromatic heterocycles. The number of methoxy groups -OCH3 is 1. The molecule has 0 aliphatic carbocycles. The Kier molecular flexibility index (Phi) is 5.23. The molecule has 2 aromatic carbocycles. The molecule has 26 heavy (non-hydrogen) atoms. The van der Waals surface area contributed by atoms with E-state index in [2.05, 4.69) is 10.3 Å². The smallest absolute Gasteiger partial charge is 0.251 e. The highest BCUT2D eigenvalue weighted by atomic mass is 35.5. The molecular formula is C19H17ClFN3O2. The summed E-state index contributed by atoms with van der Waals surface area (Å²) in [6.07, 6.45) is 3.54. The van der Waals surface area contributed by atoms with E-state index >= 15 is 0 Å². The number of amides is 1. The van der Waals surface area contributed by atoms with Crippen molar-refractivity contribution in [1.29, 1.82) is 0 Å². The Bertz CT molecular complexity index is 956. The third-order valence-electron chi connectivity index (χ3n) is 3.90.